The molecule has 1 aliphatic rings. The van der Waals surface area contributed by atoms with E-state index in [1.165, 1.54) is 17.3 Å². The molecule has 3 rings (SSSR count). The van der Waals surface area contributed by atoms with E-state index in [9.17, 15) is 10.1 Å². The second-order valence-corrected chi connectivity index (χ2v) is 6.22. The topological polar surface area (TPSA) is 144 Å². The normalized spacial score (nSPS) is 21.9. The fourth-order valence-electron chi connectivity index (χ4n) is 3.03. The first-order valence-corrected chi connectivity index (χ1v) is 8.74. The minimum Gasteiger partial charge on any atom is -0.466 e. The van der Waals surface area contributed by atoms with Crippen LogP contribution in [0.5, 0.6) is 0 Å². The molecular weight excluding hydrogens is 350 g/mol. The Morgan fingerprint density at radius 2 is 2.11 bits per heavy atom. The lowest BCUT2D eigenvalue weighted by atomic mass is 9.77. The van der Waals surface area contributed by atoms with Crippen LogP contribution in [0, 0.1) is 17.2 Å². The summed E-state index contributed by atoms with van der Waals surface area (Å²) in [5.41, 5.74) is -0.852. The van der Waals surface area contributed by atoms with Gasteiger partial charge in [0.1, 0.15) is 18.2 Å². The van der Waals surface area contributed by atoms with E-state index < -0.39 is 5.54 Å². The molecule has 142 valence electrons. The molecule has 1 saturated carbocycles. The average molecular weight is 371 g/mol. The van der Waals surface area contributed by atoms with Gasteiger partial charge in [-0.05, 0) is 32.6 Å². The lowest BCUT2D eigenvalue weighted by Crippen LogP contribution is -2.42. The van der Waals surface area contributed by atoms with Crippen molar-refractivity contribution in [3.8, 4) is 12.0 Å². The highest BCUT2D eigenvalue weighted by Gasteiger charge is 2.39. The highest BCUT2D eigenvalue weighted by Crippen LogP contribution is 2.34. The summed E-state index contributed by atoms with van der Waals surface area (Å²) in [6, 6.07) is 2.33. The number of carbonyl (C=O) groups excluding carboxylic acids is 1. The molecule has 2 aromatic heterocycles. The number of ether oxygens (including phenoxy) is 1. The molecule has 0 aliphatic heterocycles. The number of anilines is 2. The predicted molar refractivity (Wildman–Crippen MR) is 94.8 cm³/mol. The third-order valence-electron chi connectivity index (χ3n) is 4.50. The van der Waals surface area contributed by atoms with Crippen molar-refractivity contribution in [2.24, 2.45) is 5.92 Å². The molecule has 0 saturated heterocycles. The average Bonchev–Trinajstić information content (AvgIpc) is 3.23. The van der Waals surface area contributed by atoms with Crippen LogP contribution in [0.2, 0.25) is 0 Å². The lowest BCUT2D eigenvalue weighted by Gasteiger charge is -2.34. The van der Waals surface area contributed by atoms with Crippen molar-refractivity contribution >= 4 is 17.9 Å². The van der Waals surface area contributed by atoms with Gasteiger partial charge in [-0.3, -0.25) is 4.79 Å². The van der Waals surface area contributed by atoms with Crippen molar-refractivity contribution in [3.63, 3.8) is 0 Å². The molecule has 2 aromatic rings. The summed E-state index contributed by atoms with van der Waals surface area (Å²) in [7, 11) is 1.69. The van der Waals surface area contributed by atoms with Gasteiger partial charge >= 0.3 is 5.97 Å². The monoisotopic (exact) mass is 371 g/mol. The molecule has 0 radical (unpaired) electrons. The van der Waals surface area contributed by atoms with Gasteiger partial charge in [-0.25, -0.2) is 4.98 Å². The van der Waals surface area contributed by atoms with Gasteiger partial charge in [0.2, 0.25) is 11.9 Å². The number of esters is 1. The number of nitrogens with zero attached hydrogens (tertiary/aromatic N) is 7. The van der Waals surface area contributed by atoms with Gasteiger partial charge in [0.25, 0.3) is 5.95 Å². The van der Waals surface area contributed by atoms with E-state index in [0.717, 1.165) is 0 Å². The zero-order valence-electron chi connectivity index (χ0n) is 15.2. The smallest absolute Gasteiger partial charge is 0.308 e. The van der Waals surface area contributed by atoms with Crippen molar-refractivity contribution in [1.29, 1.82) is 5.26 Å². The molecular formula is C16H21N9O2. The van der Waals surface area contributed by atoms with Gasteiger partial charge in [-0.1, -0.05) is 0 Å². The fraction of sp³-hybridized carbons (Fsp3) is 0.562. The molecule has 0 unspecified atom stereocenters. The Morgan fingerprint density at radius 1 is 1.37 bits per heavy atom. The van der Waals surface area contributed by atoms with E-state index in [-0.39, 0.29) is 23.8 Å². The predicted octanol–water partition coefficient (Wildman–Crippen LogP) is 0.922. The van der Waals surface area contributed by atoms with E-state index in [0.29, 0.717) is 38.2 Å². The van der Waals surface area contributed by atoms with Crippen LogP contribution in [0.25, 0.3) is 5.95 Å². The van der Waals surface area contributed by atoms with Crippen molar-refractivity contribution in [3.05, 3.63) is 12.7 Å². The number of nitrogens with one attached hydrogen (secondary N) is 2. The van der Waals surface area contributed by atoms with Crippen LogP contribution < -0.4 is 10.6 Å². The Labute approximate surface area is 156 Å². The first-order chi connectivity index (χ1) is 13.1. The minimum absolute atomic E-state index is 0.176. The van der Waals surface area contributed by atoms with Gasteiger partial charge in [0.05, 0.1) is 18.6 Å². The summed E-state index contributed by atoms with van der Waals surface area (Å²) in [6.45, 7) is 2.15. The van der Waals surface area contributed by atoms with Crippen molar-refractivity contribution in [2.45, 2.75) is 38.1 Å². The fourth-order valence-corrected chi connectivity index (χ4v) is 3.03. The molecule has 1 fully saturated rings. The summed E-state index contributed by atoms with van der Waals surface area (Å²) in [4.78, 5) is 28.7. The van der Waals surface area contributed by atoms with Gasteiger partial charge in [0.15, 0.2) is 0 Å². The molecule has 11 heteroatoms. The Morgan fingerprint density at radius 3 is 2.70 bits per heavy atom. The van der Waals surface area contributed by atoms with Crippen molar-refractivity contribution in [2.75, 3.05) is 24.3 Å². The molecule has 2 heterocycles. The van der Waals surface area contributed by atoms with Gasteiger partial charge in [-0.15, -0.1) is 0 Å². The van der Waals surface area contributed by atoms with E-state index >= 15 is 0 Å². The van der Waals surface area contributed by atoms with E-state index in [2.05, 4.69) is 41.7 Å². The third-order valence-corrected chi connectivity index (χ3v) is 4.50. The number of hydrogen-bond donors (Lipinski definition) is 2. The molecule has 1 aliphatic carbocycles. The summed E-state index contributed by atoms with van der Waals surface area (Å²) in [5, 5.41) is 19.8. The lowest BCUT2D eigenvalue weighted by molar-refractivity contribution is -0.149. The SMILES string of the molecule is CCOC(=O)C1CCC(C#N)(Nc2nc(NC)nc(-n3cncn3)n2)CC1. The first-order valence-electron chi connectivity index (χ1n) is 8.74. The molecule has 27 heavy (non-hydrogen) atoms. The molecule has 2 N–H and O–H groups in total. The Hall–Kier alpha value is -3.29. The number of carbonyl (C=O) groups is 1. The molecule has 0 amide bonds. The van der Waals surface area contributed by atoms with Gasteiger partial charge < -0.3 is 15.4 Å². The first kappa shape index (κ1) is 18.5. The quantitative estimate of drug-likeness (QED) is 0.703. The van der Waals surface area contributed by atoms with E-state index in [1.807, 2.05) is 0 Å². The number of nitriles is 1. The maximum Gasteiger partial charge on any atom is 0.308 e. The highest BCUT2D eigenvalue weighted by molar-refractivity contribution is 5.72. The molecule has 0 atom stereocenters. The largest absolute Gasteiger partial charge is 0.466 e. The Kier molecular flexibility index (Phi) is 5.44. The second-order valence-electron chi connectivity index (χ2n) is 6.22. The summed E-state index contributed by atoms with van der Waals surface area (Å²) in [5.74, 6) is 0.505. The zero-order valence-corrected chi connectivity index (χ0v) is 15.2. The van der Waals surface area contributed by atoms with Crippen LogP contribution in [0.3, 0.4) is 0 Å². The summed E-state index contributed by atoms with van der Waals surface area (Å²) < 4.78 is 6.50. The van der Waals surface area contributed by atoms with E-state index in [4.69, 9.17) is 4.74 Å². The minimum atomic E-state index is -0.852. The van der Waals surface area contributed by atoms with Gasteiger partial charge in [-0.2, -0.15) is 30.0 Å². The van der Waals surface area contributed by atoms with Gasteiger partial charge in [0, 0.05) is 7.05 Å². The molecule has 0 aromatic carbocycles. The van der Waals surface area contributed by atoms with Crippen molar-refractivity contribution in [1.82, 2.24) is 29.7 Å². The molecule has 11 nitrogen and oxygen atoms in total. The van der Waals surface area contributed by atoms with Crippen LogP contribution in [0.1, 0.15) is 32.6 Å². The summed E-state index contributed by atoms with van der Waals surface area (Å²) >= 11 is 0. The number of rotatable bonds is 6. The summed E-state index contributed by atoms with van der Waals surface area (Å²) in [6.07, 6.45) is 4.98. The third kappa shape index (κ3) is 4.11. The number of aromatic nitrogens is 6. The maximum absolute atomic E-state index is 11.9. The zero-order chi connectivity index (χ0) is 19.3. The van der Waals surface area contributed by atoms with Crippen LogP contribution in [-0.4, -0.2) is 54.9 Å². The van der Waals surface area contributed by atoms with Crippen LogP contribution in [-0.2, 0) is 9.53 Å². The van der Waals surface area contributed by atoms with Crippen LogP contribution >= 0.6 is 0 Å². The molecule has 0 bridgehead atoms. The highest BCUT2D eigenvalue weighted by atomic mass is 16.5. The van der Waals surface area contributed by atoms with Crippen LogP contribution in [0.15, 0.2) is 12.7 Å². The van der Waals surface area contributed by atoms with Crippen molar-refractivity contribution < 1.29 is 9.53 Å². The standard InChI is InChI=1S/C16H21N9O2/c1-3-27-12(26)11-4-6-16(8-17,7-5-11)24-14-21-13(18-2)22-15(23-14)25-10-19-9-20-25/h9-11H,3-7H2,1-2H3,(H2,18,21,22,23,24). The Balaban J connectivity index is 1.78. The van der Waals surface area contributed by atoms with Crippen LogP contribution in [0.4, 0.5) is 11.9 Å². The second kappa shape index (κ2) is 7.94. The maximum atomic E-state index is 11.9. The van der Waals surface area contributed by atoms with E-state index in [1.54, 1.807) is 14.0 Å². The molecule has 0 spiro atoms. The number of hydrogen-bond acceptors (Lipinski definition) is 10. The Bertz CT molecular complexity index is 823.